The Morgan fingerprint density at radius 2 is 1.75 bits per heavy atom. The van der Waals surface area contributed by atoms with Crippen molar-refractivity contribution in [3.8, 4) is 0 Å². The van der Waals surface area contributed by atoms with Gasteiger partial charge in [-0.1, -0.05) is 32.0 Å². The average molecular weight is 272 g/mol. The SMILES string of the molecule is CC.O=C(Nc1ccccn1)c1ccc(B(O)O)cc1. The Hall–Kier alpha value is -2.18. The first-order valence-corrected chi connectivity index (χ1v) is 6.35. The van der Waals surface area contributed by atoms with E-state index >= 15 is 0 Å². The number of hydrogen-bond donors (Lipinski definition) is 3. The average Bonchev–Trinajstić information content (AvgIpc) is 2.50. The van der Waals surface area contributed by atoms with Gasteiger partial charge in [-0.15, -0.1) is 0 Å². The Bertz CT molecular complexity index is 530. The minimum Gasteiger partial charge on any atom is -0.423 e. The Kier molecular flexibility index (Phi) is 6.42. The smallest absolute Gasteiger partial charge is 0.423 e. The van der Waals surface area contributed by atoms with Gasteiger partial charge >= 0.3 is 7.12 Å². The Morgan fingerprint density at radius 3 is 2.25 bits per heavy atom. The number of benzene rings is 1. The first-order valence-electron chi connectivity index (χ1n) is 6.35. The lowest BCUT2D eigenvalue weighted by atomic mass is 9.80. The Morgan fingerprint density at radius 1 is 1.10 bits per heavy atom. The van der Waals surface area contributed by atoms with Gasteiger partial charge in [-0.3, -0.25) is 4.79 Å². The molecular formula is C14H17BN2O3. The highest BCUT2D eigenvalue weighted by atomic mass is 16.4. The lowest BCUT2D eigenvalue weighted by Crippen LogP contribution is -2.29. The maximum atomic E-state index is 11.8. The van der Waals surface area contributed by atoms with E-state index in [1.807, 2.05) is 13.8 Å². The number of pyridine rings is 1. The highest BCUT2D eigenvalue weighted by Gasteiger charge is 2.12. The van der Waals surface area contributed by atoms with Crippen LogP contribution < -0.4 is 10.8 Å². The number of hydrogen-bond acceptors (Lipinski definition) is 4. The van der Waals surface area contributed by atoms with Crippen LogP contribution in [0.1, 0.15) is 24.2 Å². The lowest BCUT2D eigenvalue weighted by Gasteiger charge is -2.05. The number of aromatic nitrogens is 1. The number of nitrogens with one attached hydrogen (secondary N) is 1. The topological polar surface area (TPSA) is 82.5 Å². The summed E-state index contributed by atoms with van der Waals surface area (Å²) in [6.07, 6.45) is 1.58. The number of carbonyl (C=O) groups excluding carboxylic acids is 1. The molecule has 6 heteroatoms. The van der Waals surface area contributed by atoms with Gasteiger partial charge < -0.3 is 15.4 Å². The molecule has 1 aromatic carbocycles. The first kappa shape index (κ1) is 15.9. The van der Waals surface area contributed by atoms with Crippen LogP contribution in [0.25, 0.3) is 0 Å². The van der Waals surface area contributed by atoms with Gasteiger partial charge in [0.1, 0.15) is 5.82 Å². The summed E-state index contributed by atoms with van der Waals surface area (Å²) in [5.74, 6) is 0.168. The van der Waals surface area contributed by atoms with Crippen molar-refractivity contribution in [1.82, 2.24) is 4.98 Å². The molecule has 104 valence electrons. The van der Waals surface area contributed by atoms with Gasteiger partial charge in [-0.2, -0.15) is 0 Å². The fourth-order valence-electron chi connectivity index (χ4n) is 1.43. The number of nitrogens with zero attached hydrogens (tertiary/aromatic N) is 1. The fourth-order valence-corrected chi connectivity index (χ4v) is 1.43. The van der Waals surface area contributed by atoms with Gasteiger partial charge in [0.25, 0.3) is 5.91 Å². The zero-order chi connectivity index (χ0) is 15.0. The van der Waals surface area contributed by atoms with E-state index < -0.39 is 7.12 Å². The molecule has 20 heavy (non-hydrogen) atoms. The van der Waals surface area contributed by atoms with Crippen LogP contribution in [-0.4, -0.2) is 28.1 Å². The molecule has 3 N–H and O–H groups in total. The molecule has 0 fully saturated rings. The van der Waals surface area contributed by atoms with Gasteiger partial charge in [0.15, 0.2) is 0 Å². The molecule has 2 aromatic rings. The standard InChI is InChI=1S/C12H11BN2O3.C2H6/c16-12(15-11-3-1-2-8-14-11)9-4-6-10(7-5-9)13(17)18;1-2/h1-8,17-18H,(H,14,15,16);1-2H3. The van der Waals surface area contributed by atoms with E-state index in [-0.39, 0.29) is 5.91 Å². The predicted octanol–water partition coefficient (Wildman–Crippen LogP) is 1.04. The summed E-state index contributed by atoms with van der Waals surface area (Å²) in [5.41, 5.74) is 0.759. The molecule has 0 aliphatic heterocycles. The van der Waals surface area contributed by atoms with E-state index in [1.54, 1.807) is 24.4 Å². The third-order valence-electron chi connectivity index (χ3n) is 2.38. The van der Waals surface area contributed by atoms with E-state index in [0.717, 1.165) is 0 Å². The van der Waals surface area contributed by atoms with Gasteiger partial charge in [0, 0.05) is 11.8 Å². The number of rotatable bonds is 3. The molecule has 0 aliphatic carbocycles. The number of amides is 1. The van der Waals surface area contributed by atoms with Crippen LogP contribution in [-0.2, 0) is 0 Å². The molecule has 1 aromatic heterocycles. The van der Waals surface area contributed by atoms with Crippen molar-refractivity contribution in [2.45, 2.75) is 13.8 Å². The van der Waals surface area contributed by atoms with Crippen LogP contribution in [0.15, 0.2) is 48.7 Å². The molecule has 0 saturated carbocycles. The minimum atomic E-state index is -1.53. The molecule has 1 amide bonds. The minimum absolute atomic E-state index is 0.298. The molecule has 0 unspecified atom stereocenters. The molecular weight excluding hydrogens is 255 g/mol. The van der Waals surface area contributed by atoms with E-state index in [4.69, 9.17) is 10.0 Å². The Labute approximate surface area is 118 Å². The highest BCUT2D eigenvalue weighted by Crippen LogP contribution is 2.04. The maximum absolute atomic E-state index is 11.8. The summed E-state index contributed by atoms with van der Waals surface area (Å²) in [7, 11) is -1.53. The van der Waals surface area contributed by atoms with Gasteiger partial charge in [-0.05, 0) is 29.7 Å². The molecule has 2 rings (SSSR count). The second kappa shape index (κ2) is 8.09. The molecule has 0 aliphatic rings. The van der Waals surface area contributed by atoms with Crippen LogP contribution in [0.3, 0.4) is 0 Å². The molecule has 0 atom stereocenters. The van der Waals surface area contributed by atoms with Crippen LogP contribution in [0.2, 0.25) is 0 Å². The Balaban J connectivity index is 0.000000956. The third-order valence-corrected chi connectivity index (χ3v) is 2.38. The van der Waals surface area contributed by atoms with E-state index in [2.05, 4.69) is 10.3 Å². The summed E-state index contributed by atoms with van der Waals surface area (Å²) in [6, 6.07) is 11.2. The van der Waals surface area contributed by atoms with Crippen molar-refractivity contribution in [2.75, 3.05) is 5.32 Å². The van der Waals surface area contributed by atoms with Crippen LogP contribution in [0.4, 0.5) is 5.82 Å². The van der Waals surface area contributed by atoms with Crippen LogP contribution in [0.5, 0.6) is 0 Å². The molecule has 5 nitrogen and oxygen atoms in total. The summed E-state index contributed by atoms with van der Waals surface area (Å²) >= 11 is 0. The van der Waals surface area contributed by atoms with Crippen molar-refractivity contribution >= 4 is 24.3 Å². The maximum Gasteiger partial charge on any atom is 0.488 e. The molecule has 0 bridgehead atoms. The molecule has 0 radical (unpaired) electrons. The van der Waals surface area contributed by atoms with Crippen LogP contribution >= 0.6 is 0 Å². The summed E-state index contributed by atoms with van der Waals surface area (Å²) < 4.78 is 0. The zero-order valence-corrected chi connectivity index (χ0v) is 11.4. The summed E-state index contributed by atoms with van der Waals surface area (Å²) in [6.45, 7) is 4.00. The van der Waals surface area contributed by atoms with Crippen molar-refractivity contribution < 1.29 is 14.8 Å². The first-order chi connectivity index (χ1) is 9.66. The third kappa shape index (κ3) is 4.49. The summed E-state index contributed by atoms with van der Waals surface area (Å²) in [4.78, 5) is 15.8. The van der Waals surface area contributed by atoms with Gasteiger partial charge in [-0.25, -0.2) is 4.98 Å². The lowest BCUT2D eigenvalue weighted by molar-refractivity contribution is 0.102. The van der Waals surface area contributed by atoms with Gasteiger partial charge in [0.2, 0.25) is 0 Å². The largest absolute Gasteiger partial charge is 0.488 e. The summed E-state index contributed by atoms with van der Waals surface area (Å²) in [5, 5.41) is 20.5. The quantitative estimate of drug-likeness (QED) is 0.729. The molecule has 0 saturated heterocycles. The van der Waals surface area contributed by atoms with Crippen LogP contribution in [0, 0.1) is 0 Å². The van der Waals surface area contributed by atoms with Crippen molar-refractivity contribution in [3.63, 3.8) is 0 Å². The second-order valence-corrected chi connectivity index (χ2v) is 3.66. The number of carbonyl (C=O) groups is 1. The zero-order valence-electron chi connectivity index (χ0n) is 11.4. The van der Waals surface area contributed by atoms with E-state index in [9.17, 15) is 4.79 Å². The van der Waals surface area contributed by atoms with Gasteiger partial charge in [0.05, 0.1) is 0 Å². The highest BCUT2D eigenvalue weighted by molar-refractivity contribution is 6.58. The predicted molar refractivity (Wildman–Crippen MR) is 79.8 cm³/mol. The second-order valence-electron chi connectivity index (χ2n) is 3.66. The molecule has 1 heterocycles. The van der Waals surface area contributed by atoms with E-state index in [0.29, 0.717) is 16.8 Å². The normalized spacial score (nSPS) is 9.20. The van der Waals surface area contributed by atoms with Crippen molar-refractivity contribution in [3.05, 3.63) is 54.2 Å². The fraction of sp³-hybridized carbons (Fsp3) is 0.143. The van der Waals surface area contributed by atoms with Crippen molar-refractivity contribution in [2.24, 2.45) is 0 Å². The van der Waals surface area contributed by atoms with E-state index in [1.165, 1.54) is 24.3 Å². The molecule has 0 spiro atoms. The number of anilines is 1. The van der Waals surface area contributed by atoms with Crippen molar-refractivity contribution in [1.29, 1.82) is 0 Å². The monoisotopic (exact) mass is 272 g/mol.